The Morgan fingerprint density at radius 2 is 1.83 bits per heavy atom. The number of nitrogens with one attached hydrogen (secondary N) is 1. The molecule has 3 rings (SSSR count). The molecule has 0 amide bonds. The van der Waals surface area contributed by atoms with Crippen LogP contribution in [0.5, 0.6) is 0 Å². The van der Waals surface area contributed by atoms with Gasteiger partial charge in [-0.3, -0.25) is 4.90 Å². The monoisotopic (exact) mass is 336 g/mol. The van der Waals surface area contributed by atoms with E-state index in [0.29, 0.717) is 0 Å². The summed E-state index contributed by atoms with van der Waals surface area (Å²) in [4.78, 5) is 8.09. The maximum atomic E-state index is 3.69. The first-order valence-electron chi connectivity index (χ1n) is 10.5. The fourth-order valence-corrected chi connectivity index (χ4v) is 5.32. The normalized spacial score (nSPS) is 34.8. The van der Waals surface area contributed by atoms with E-state index in [1.807, 2.05) is 0 Å². The Labute approximate surface area is 149 Å². The number of likely N-dealkylation sites (N-methyl/N-ethyl adjacent to an activating group) is 1. The Morgan fingerprint density at radius 1 is 1.04 bits per heavy atom. The average Bonchev–Trinajstić information content (AvgIpc) is 2.63. The topological polar surface area (TPSA) is 21.8 Å². The van der Waals surface area contributed by atoms with E-state index in [2.05, 4.69) is 41.0 Å². The molecule has 140 valence electrons. The van der Waals surface area contributed by atoms with Crippen LogP contribution in [-0.4, -0.2) is 86.2 Å². The fraction of sp³-hybridized carbons (Fsp3) is 1.00. The van der Waals surface area contributed by atoms with Gasteiger partial charge in [0.1, 0.15) is 0 Å². The Kier molecular flexibility index (Phi) is 6.97. The predicted molar refractivity (Wildman–Crippen MR) is 103 cm³/mol. The zero-order chi connectivity index (χ0) is 16.9. The Balaban J connectivity index is 1.60. The number of hydrogen-bond donors (Lipinski definition) is 1. The van der Waals surface area contributed by atoms with E-state index >= 15 is 0 Å². The lowest BCUT2D eigenvalue weighted by Gasteiger charge is -2.47. The third-order valence-corrected chi connectivity index (χ3v) is 7.07. The van der Waals surface area contributed by atoms with E-state index in [4.69, 9.17) is 0 Å². The predicted octanol–water partition coefficient (Wildman–Crippen LogP) is 2.26. The highest BCUT2D eigenvalue weighted by molar-refractivity contribution is 4.91. The molecular weight excluding hydrogens is 296 g/mol. The molecule has 0 saturated carbocycles. The molecule has 0 spiro atoms. The van der Waals surface area contributed by atoms with Gasteiger partial charge in [0.05, 0.1) is 0 Å². The molecule has 3 saturated heterocycles. The quantitative estimate of drug-likeness (QED) is 0.831. The van der Waals surface area contributed by atoms with Crippen LogP contribution in [0.4, 0.5) is 0 Å². The van der Waals surface area contributed by atoms with Gasteiger partial charge in [-0.05, 0) is 84.7 Å². The first-order chi connectivity index (χ1) is 11.7. The van der Waals surface area contributed by atoms with Gasteiger partial charge in [-0.2, -0.15) is 0 Å². The molecule has 0 aliphatic carbocycles. The standard InChI is InChI=1S/C20H40N4/c1-4-18-7-5-6-12-24(18)16-17-8-11-21-15-20(17)23(3)19-9-13-22(2)14-10-19/h17-21H,4-16H2,1-3H3. The molecule has 4 heteroatoms. The molecule has 3 aliphatic heterocycles. The molecule has 3 aliphatic rings. The van der Waals surface area contributed by atoms with E-state index in [9.17, 15) is 0 Å². The van der Waals surface area contributed by atoms with Crippen molar-refractivity contribution in [1.82, 2.24) is 20.0 Å². The number of piperidine rings is 3. The molecule has 3 atom stereocenters. The van der Waals surface area contributed by atoms with Gasteiger partial charge in [-0.15, -0.1) is 0 Å². The van der Waals surface area contributed by atoms with Gasteiger partial charge in [0, 0.05) is 31.2 Å². The Morgan fingerprint density at radius 3 is 2.58 bits per heavy atom. The van der Waals surface area contributed by atoms with Crippen molar-refractivity contribution in [2.45, 2.75) is 70.0 Å². The summed E-state index contributed by atoms with van der Waals surface area (Å²) < 4.78 is 0. The van der Waals surface area contributed by atoms with Crippen molar-refractivity contribution < 1.29 is 0 Å². The van der Waals surface area contributed by atoms with Crippen LogP contribution in [0.15, 0.2) is 0 Å². The maximum absolute atomic E-state index is 3.69. The van der Waals surface area contributed by atoms with E-state index in [1.165, 1.54) is 84.2 Å². The molecular formula is C20H40N4. The summed E-state index contributed by atoms with van der Waals surface area (Å²) >= 11 is 0. The number of nitrogens with zero attached hydrogens (tertiary/aromatic N) is 3. The third-order valence-electron chi connectivity index (χ3n) is 7.07. The van der Waals surface area contributed by atoms with Gasteiger partial charge in [-0.25, -0.2) is 0 Å². The van der Waals surface area contributed by atoms with E-state index < -0.39 is 0 Å². The highest BCUT2D eigenvalue weighted by Crippen LogP contribution is 2.27. The van der Waals surface area contributed by atoms with Crippen LogP contribution in [0.3, 0.4) is 0 Å². The van der Waals surface area contributed by atoms with E-state index in [-0.39, 0.29) is 0 Å². The van der Waals surface area contributed by atoms with Crippen molar-refractivity contribution in [1.29, 1.82) is 0 Å². The molecule has 0 aromatic heterocycles. The van der Waals surface area contributed by atoms with Crippen LogP contribution in [0.25, 0.3) is 0 Å². The minimum absolute atomic E-state index is 0.728. The average molecular weight is 337 g/mol. The molecule has 0 aromatic carbocycles. The smallest absolute Gasteiger partial charge is 0.0261 e. The van der Waals surface area contributed by atoms with Crippen molar-refractivity contribution in [2.24, 2.45) is 5.92 Å². The molecule has 0 aromatic rings. The third kappa shape index (κ3) is 4.51. The van der Waals surface area contributed by atoms with Gasteiger partial charge >= 0.3 is 0 Å². The van der Waals surface area contributed by atoms with Crippen molar-refractivity contribution in [3.05, 3.63) is 0 Å². The van der Waals surface area contributed by atoms with Crippen LogP contribution >= 0.6 is 0 Å². The van der Waals surface area contributed by atoms with Gasteiger partial charge in [0.15, 0.2) is 0 Å². The summed E-state index contributed by atoms with van der Waals surface area (Å²) in [5.41, 5.74) is 0. The number of likely N-dealkylation sites (tertiary alicyclic amines) is 2. The van der Waals surface area contributed by atoms with Crippen molar-refractivity contribution in [3.63, 3.8) is 0 Å². The van der Waals surface area contributed by atoms with Crippen LogP contribution < -0.4 is 5.32 Å². The second-order valence-electron chi connectivity index (χ2n) is 8.57. The zero-order valence-corrected chi connectivity index (χ0v) is 16.3. The van der Waals surface area contributed by atoms with Gasteiger partial charge in [0.2, 0.25) is 0 Å². The maximum Gasteiger partial charge on any atom is 0.0261 e. The van der Waals surface area contributed by atoms with Gasteiger partial charge < -0.3 is 15.1 Å². The zero-order valence-electron chi connectivity index (χ0n) is 16.3. The first-order valence-corrected chi connectivity index (χ1v) is 10.5. The molecule has 0 bridgehead atoms. The van der Waals surface area contributed by atoms with Crippen LogP contribution in [0, 0.1) is 5.92 Å². The highest BCUT2D eigenvalue weighted by atomic mass is 15.2. The fourth-order valence-electron chi connectivity index (χ4n) is 5.32. The molecule has 3 heterocycles. The summed E-state index contributed by atoms with van der Waals surface area (Å²) in [6, 6.07) is 2.37. The second-order valence-corrected chi connectivity index (χ2v) is 8.57. The lowest BCUT2D eigenvalue weighted by Crippen LogP contribution is -2.57. The van der Waals surface area contributed by atoms with Crippen LogP contribution in [0.2, 0.25) is 0 Å². The largest absolute Gasteiger partial charge is 0.315 e. The van der Waals surface area contributed by atoms with Crippen molar-refractivity contribution >= 4 is 0 Å². The number of hydrogen-bond acceptors (Lipinski definition) is 4. The van der Waals surface area contributed by atoms with Crippen LogP contribution in [0.1, 0.15) is 51.9 Å². The number of rotatable bonds is 5. The minimum Gasteiger partial charge on any atom is -0.315 e. The lowest BCUT2D eigenvalue weighted by molar-refractivity contribution is 0.0342. The van der Waals surface area contributed by atoms with Crippen molar-refractivity contribution in [2.75, 3.05) is 53.4 Å². The van der Waals surface area contributed by atoms with Gasteiger partial charge in [0.25, 0.3) is 0 Å². The first kappa shape index (κ1) is 18.6. The SMILES string of the molecule is CCC1CCCCN1CC1CCNCC1N(C)C1CCN(C)CC1. The summed E-state index contributed by atoms with van der Waals surface area (Å²) in [6.07, 6.45) is 9.66. The second kappa shape index (κ2) is 8.98. The Hall–Kier alpha value is -0.160. The van der Waals surface area contributed by atoms with Crippen LogP contribution in [-0.2, 0) is 0 Å². The van der Waals surface area contributed by atoms with Gasteiger partial charge in [-0.1, -0.05) is 13.3 Å². The molecule has 3 unspecified atom stereocenters. The molecule has 3 fully saturated rings. The minimum atomic E-state index is 0.728. The lowest BCUT2D eigenvalue weighted by atomic mass is 9.87. The highest BCUT2D eigenvalue weighted by Gasteiger charge is 2.35. The van der Waals surface area contributed by atoms with E-state index in [0.717, 1.165) is 24.0 Å². The van der Waals surface area contributed by atoms with Crippen molar-refractivity contribution in [3.8, 4) is 0 Å². The summed E-state index contributed by atoms with van der Waals surface area (Å²) in [7, 11) is 4.68. The summed E-state index contributed by atoms with van der Waals surface area (Å²) in [6.45, 7) is 10.0. The molecule has 0 radical (unpaired) electrons. The molecule has 4 nitrogen and oxygen atoms in total. The molecule has 1 N–H and O–H groups in total. The Bertz CT molecular complexity index is 367. The summed E-state index contributed by atoms with van der Waals surface area (Å²) in [5, 5.41) is 3.69. The summed E-state index contributed by atoms with van der Waals surface area (Å²) in [5.74, 6) is 0.850. The van der Waals surface area contributed by atoms with E-state index in [1.54, 1.807) is 0 Å². The molecule has 24 heavy (non-hydrogen) atoms.